The van der Waals surface area contributed by atoms with Crippen LogP contribution in [0.3, 0.4) is 0 Å². The summed E-state index contributed by atoms with van der Waals surface area (Å²) < 4.78 is 30.4. The zero-order chi connectivity index (χ0) is 16.6. The van der Waals surface area contributed by atoms with Gasteiger partial charge in [0, 0.05) is 6.54 Å². The molecule has 0 saturated heterocycles. The monoisotopic (exact) mass is 326 g/mol. The lowest BCUT2D eigenvalue weighted by Gasteiger charge is -2.23. The second kappa shape index (κ2) is 5.55. The summed E-state index contributed by atoms with van der Waals surface area (Å²) in [6.07, 6.45) is -0.358. The molecule has 1 aliphatic rings. The molecular formula is C15H22N2O4S. The van der Waals surface area contributed by atoms with Gasteiger partial charge in [0.05, 0.1) is 15.7 Å². The average molecular weight is 326 g/mol. The quantitative estimate of drug-likeness (QED) is 0.872. The average Bonchev–Trinajstić information content (AvgIpc) is 3.13. The molecule has 1 saturated carbocycles. The number of sulfone groups is 1. The lowest BCUT2D eigenvalue weighted by molar-refractivity contribution is 0.0499. The number of nitrogens with one attached hydrogen (secondary N) is 1. The molecule has 1 fully saturated rings. The van der Waals surface area contributed by atoms with Crippen LogP contribution in [-0.4, -0.2) is 37.4 Å². The summed E-state index contributed by atoms with van der Waals surface area (Å²) in [5, 5.41) is 1.91. The molecule has 22 heavy (non-hydrogen) atoms. The van der Waals surface area contributed by atoms with Crippen molar-refractivity contribution in [2.45, 2.75) is 48.5 Å². The van der Waals surface area contributed by atoms with Gasteiger partial charge in [0.25, 0.3) is 0 Å². The van der Waals surface area contributed by atoms with Gasteiger partial charge in [-0.05, 0) is 39.3 Å². The van der Waals surface area contributed by atoms with E-state index in [1.54, 1.807) is 51.1 Å². The molecule has 1 amide bonds. The molecular weight excluding hydrogens is 304 g/mol. The van der Waals surface area contributed by atoms with E-state index in [0.717, 1.165) is 0 Å². The van der Waals surface area contributed by atoms with Gasteiger partial charge < -0.3 is 15.8 Å². The maximum Gasteiger partial charge on any atom is 0.408 e. The largest absolute Gasteiger partial charge is 0.444 e. The number of ether oxygens (including phenoxy) is 1. The molecule has 6 nitrogen and oxygen atoms in total. The van der Waals surface area contributed by atoms with Gasteiger partial charge in [-0.3, -0.25) is 0 Å². The van der Waals surface area contributed by atoms with Crippen molar-refractivity contribution >= 4 is 15.9 Å². The Kier molecular flexibility index (Phi) is 4.23. The van der Waals surface area contributed by atoms with Crippen molar-refractivity contribution < 1.29 is 17.9 Å². The molecule has 2 unspecified atom stereocenters. The summed E-state index contributed by atoms with van der Waals surface area (Å²) in [6, 6.07) is 8.17. The smallest absolute Gasteiger partial charge is 0.408 e. The maximum atomic E-state index is 12.6. The number of carbonyl (C=O) groups is 1. The third-order valence-electron chi connectivity index (χ3n) is 3.57. The Bertz CT molecular complexity index is 652. The Labute approximate surface area is 131 Å². The van der Waals surface area contributed by atoms with Crippen molar-refractivity contribution in [1.29, 1.82) is 0 Å². The molecule has 0 heterocycles. The SMILES string of the molecule is CC(C)(C)OC(=O)NC1(CN)CC1S(=O)(=O)c1ccccc1. The van der Waals surface area contributed by atoms with E-state index in [9.17, 15) is 13.2 Å². The van der Waals surface area contributed by atoms with Gasteiger partial charge in [0.2, 0.25) is 0 Å². The summed E-state index contributed by atoms with van der Waals surface area (Å²) in [4.78, 5) is 12.1. The zero-order valence-corrected chi connectivity index (χ0v) is 13.8. The van der Waals surface area contributed by atoms with Crippen LogP contribution in [0.15, 0.2) is 35.2 Å². The lowest BCUT2D eigenvalue weighted by atomic mass is 10.2. The van der Waals surface area contributed by atoms with Crippen LogP contribution in [0, 0.1) is 0 Å². The van der Waals surface area contributed by atoms with Crippen molar-refractivity contribution in [3.63, 3.8) is 0 Å². The Balaban J connectivity index is 2.14. The standard InChI is InChI=1S/C15H22N2O4S/c1-14(2,3)21-13(18)17-15(10-16)9-12(15)22(19,20)11-7-5-4-6-8-11/h4-8,12H,9-10,16H2,1-3H3,(H,17,18). The minimum Gasteiger partial charge on any atom is -0.444 e. The minimum absolute atomic E-state index is 0.0446. The third kappa shape index (κ3) is 3.41. The van der Waals surface area contributed by atoms with Gasteiger partial charge in [0.1, 0.15) is 5.60 Å². The highest BCUT2D eigenvalue weighted by atomic mass is 32.2. The summed E-state index contributed by atoms with van der Waals surface area (Å²) in [5.41, 5.74) is 4.11. The summed E-state index contributed by atoms with van der Waals surface area (Å²) >= 11 is 0. The first-order valence-electron chi connectivity index (χ1n) is 7.11. The normalized spacial score (nSPS) is 24.6. The summed E-state index contributed by atoms with van der Waals surface area (Å²) in [6.45, 7) is 5.27. The molecule has 0 radical (unpaired) electrons. The first kappa shape index (κ1) is 16.8. The predicted molar refractivity (Wildman–Crippen MR) is 83.2 cm³/mol. The van der Waals surface area contributed by atoms with Crippen LogP contribution in [0.5, 0.6) is 0 Å². The number of amides is 1. The molecule has 3 N–H and O–H groups in total. The van der Waals surface area contributed by atoms with E-state index < -0.39 is 32.3 Å². The van der Waals surface area contributed by atoms with Crippen molar-refractivity contribution in [2.75, 3.05) is 6.54 Å². The van der Waals surface area contributed by atoms with Crippen molar-refractivity contribution in [2.24, 2.45) is 5.73 Å². The highest BCUT2D eigenvalue weighted by Gasteiger charge is 2.62. The van der Waals surface area contributed by atoms with Gasteiger partial charge in [-0.2, -0.15) is 0 Å². The second-order valence-corrected chi connectivity index (χ2v) is 8.67. The lowest BCUT2D eigenvalue weighted by Crippen LogP contribution is -2.48. The molecule has 2 rings (SSSR count). The number of alkyl carbamates (subject to hydrolysis) is 1. The van der Waals surface area contributed by atoms with Gasteiger partial charge in [0.15, 0.2) is 9.84 Å². The highest BCUT2D eigenvalue weighted by Crippen LogP contribution is 2.44. The van der Waals surface area contributed by atoms with Crippen molar-refractivity contribution in [3.8, 4) is 0 Å². The first-order valence-corrected chi connectivity index (χ1v) is 8.65. The second-order valence-electron chi connectivity index (χ2n) is 6.54. The molecule has 0 aromatic heterocycles. The number of carbonyl (C=O) groups excluding carboxylic acids is 1. The van der Waals surface area contributed by atoms with Crippen LogP contribution in [0.1, 0.15) is 27.2 Å². The maximum absolute atomic E-state index is 12.6. The predicted octanol–water partition coefficient (Wildman–Crippen LogP) is 1.45. The van der Waals surface area contributed by atoms with E-state index in [1.807, 2.05) is 0 Å². The van der Waals surface area contributed by atoms with Gasteiger partial charge >= 0.3 is 6.09 Å². The van der Waals surface area contributed by atoms with Gasteiger partial charge in [-0.15, -0.1) is 0 Å². The van der Waals surface area contributed by atoms with Gasteiger partial charge in [-0.1, -0.05) is 18.2 Å². The highest BCUT2D eigenvalue weighted by molar-refractivity contribution is 7.92. The molecule has 0 aliphatic heterocycles. The number of hydrogen-bond acceptors (Lipinski definition) is 5. The van der Waals surface area contributed by atoms with Crippen molar-refractivity contribution in [1.82, 2.24) is 5.32 Å². The zero-order valence-electron chi connectivity index (χ0n) is 13.0. The summed E-state index contributed by atoms with van der Waals surface area (Å²) in [7, 11) is -3.53. The van der Waals surface area contributed by atoms with Crippen LogP contribution in [0.2, 0.25) is 0 Å². The molecule has 2 atom stereocenters. The Morgan fingerprint density at radius 3 is 2.45 bits per heavy atom. The van der Waals surface area contributed by atoms with Crippen LogP contribution >= 0.6 is 0 Å². The molecule has 0 spiro atoms. The van der Waals surface area contributed by atoms with E-state index in [-0.39, 0.29) is 11.4 Å². The fraction of sp³-hybridized carbons (Fsp3) is 0.533. The number of rotatable bonds is 4. The van der Waals surface area contributed by atoms with E-state index in [2.05, 4.69) is 5.32 Å². The minimum atomic E-state index is -3.53. The van der Waals surface area contributed by atoms with Crippen molar-refractivity contribution in [3.05, 3.63) is 30.3 Å². The molecule has 1 aromatic carbocycles. The van der Waals surface area contributed by atoms with Gasteiger partial charge in [-0.25, -0.2) is 13.2 Å². The topological polar surface area (TPSA) is 98.5 Å². The van der Waals surface area contributed by atoms with E-state index in [0.29, 0.717) is 6.42 Å². The Morgan fingerprint density at radius 1 is 1.36 bits per heavy atom. The fourth-order valence-corrected chi connectivity index (χ4v) is 4.49. The van der Waals surface area contributed by atoms with E-state index in [4.69, 9.17) is 10.5 Å². The first-order chi connectivity index (χ1) is 10.1. The van der Waals surface area contributed by atoms with E-state index in [1.165, 1.54) is 0 Å². The Morgan fingerprint density at radius 2 is 1.95 bits per heavy atom. The number of nitrogens with two attached hydrogens (primary N) is 1. The van der Waals surface area contributed by atoms with Crippen LogP contribution in [0.4, 0.5) is 4.79 Å². The molecule has 1 aliphatic carbocycles. The van der Waals surface area contributed by atoms with Crippen LogP contribution < -0.4 is 11.1 Å². The molecule has 122 valence electrons. The molecule has 0 bridgehead atoms. The van der Waals surface area contributed by atoms with Crippen LogP contribution in [-0.2, 0) is 14.6 Å². The third-order valence-corrected chi connectivity index (χ3v) is 5.86. The molecule has 1 aromatic rings. The van der Waals surface area contributed by atoms with E-state index >= 15 is 0 Å². The molecule has 7 heteroatoms. The fourth-order valence-electron chi connectivity index (χ4n) is 2.36. The van der Waals surface area contributed by atoms with Crippen LogP contribution in [0.25, 0.3) is 0 Å². The Hall–Kier alpha value is -1.60. The summed E-state index contributed by atoms with van der Waals surface area (Å²) in [5.74, 6) is 0. The number of benzene rings is 1. The number of hydrogen-bond donors (Lipinski definition) is 2.